The number of nitrogens with zero attached hydrogens (tertiary/aromatic N) is 1. The molecule has 1 aromatic heterocycles. The van der Waals surface area contributed by atoms with Gasteiger partial charge in [0, 0.05) is 29.2 Å². The van der Waals surface area contributed by atoms with Crippen molar-refractivity contribution < 1.29 is 19.4 Å². The number of aryl methyl sites for hydroxylation is 1. The van der Waals surface area contributed by atoms with Gasteiger partial charge in [-0.3, -0.25) is 9.59 Å². The van der Waals surface area contributed by atoms with Crippen LogP contribution in [0.5, 0.6) is 5.75 Å². The minimum absolute atomic E-state index is 0.122. The van der Waals surface area contributed by atoms with Crippen molar-refractivity contribution in [1.82, 2.24) is 9.88 Å². The number of aliphatic hydroxyl groups is 1. The van der Waals surface area contributed by atoms with Gasteiger partial charge in [0.05, 0.1) is 18.7 Å². The lowest BCUT2D eigenvalue weighted by Gasteiger charge is -2.25. The molecule has 1 atom stereocenters. The Morgan fingerprint density at radius 3 is 2.39 bits per heavy atom. The minimum atomic E-state index is -0.683. The highest BCUT2D eigenvalue weighted by Crippen LogP contribution is 2.40. The zero-order chi connectivity index (χ0) is 27.0. The largest absolute Gasteiger partial charge is 0.507 e. The molecule has 38 heavy (non-hydrogen) atoms. The Kier molecular flexibility index (Phi) is 6.81. The molecule has 3 aromatic carbocycles. The van der Waals surface area contributed by atoms with Crippen LogP contribution in [-0.4, -0.2) is 40.3 Å². The number of fused-ring (bicyclic) bond motifs is 1. The molecule has 4 aromatic rings. The molecule has 1 saturated heterocycles. The predicted octanol–water partition coefficient (Wildman–Crippen LogP) is 6.27. The second-order valence-electron chi connectivity index (χ2n) is 10.2. The van der Waals surface area contributed by atoms with Crippen LogP contribution in [0.3, 0.4) is 0 Å². The quantitative estimate of drug-likeness (QED) is 0.175. The summed E-state index contributed by atoms with van der Waals surface area (Å²) in [5.74, 6) is -0.319. The number of carbonyl (C=O) groups is 2. The number of carbonyl (C=O) groups excluding carboxylic acids is 2. The maximum atomic E-state index is 13.4. The molecule has 1 amide bonds. The summed E-state index contributed by atoms with van der Waals surface area (Å²) in [6.45, 7) is 6.51. The van der Waals surface area contributed by atoms with Crippen molar-refractivity contribution in [3.05, 3.63) is 106 Å². The molecule has 0 saturated carbocycles. The summed E-state index contributed by atoms with van der Waals surface area (Å²) >= 11 is 0. The number of aliphatic hydroxyl groups excluding tert-OH is 1. The highest BCUT2D eigenvalue weighted by molar-refractivity contribution is 6.46. The zero-order valence-electron chi connectivity index (χ0n) is 22.1. The maximum absolute atomic E-state index is 13.4. The van der Waals surface area contributed by atoms with E-state index in [1.807, 2.05) is 67.7 Å². The number of hydrogen-bond acceptors (Lipinski definition) is 4. The lowest BCUT2D eigenvalue weighted by molar-refractivity contribution is -0.139. The zero-order valence-corrected chi connectivity index (χ0v) is 22.1. The second-order valence-corrected chi connectivity index (χ2v) is 10.2. The van der Waals surface area contributed by atoms with Gasteiger partial charge in [-0.05, 0) is 54.2 Å². The minimum Gasteiger partial charge on any atom is -0.507 e. The van der Waals surface area contributed by atoms with Gasteiger partial charge < -0.3 is 19.7 Å². The van der Waals surface area contributed by atoms with E-state index in [0.717, 1.165) is 38.9 Å². The molecule has 1 aliphatic rings. The molecule has 0 spiro atoms. The number of hydrogen-bond donors (Lipinski definition) is 2. The number of Topliss-reactive ketones (excluding diaryl/α,β-unsaturated/α-hetero) is 1. The van der Waals surface area contributed by atoms with Gasteiger partial charge in [0.2, 0.25) is 0 Å². The Balaban J connectivity index is 1.55. The standard InChI is InChI=1S/C32H32N2O4/c1-19(2)21-9-11-22(12-10-21)29-28(30(35)23-7-5-20(3)6-8-23)31(36)32(37)34(29)16-15-24-18-33-27-14-13-25(38-4)17-26(24)27/h5-14,17-19,29,33,35H,15-16H2,1-4H3/t29-/m0/s1. The molecule has 6 heteroatoms. The molecule has 0 unspecified atom stereocenters. The number of rotatable bonds is 7. The smallest absolute Gasteiger partial charge is 0.295 e. The van der Waals surface area contributed by atoms with Gasteiger partial charge in [-0.15, -0.1) is 0 Å². The fourth-order valence-corrected chi connectivity index (χ4v) is 5.12. The van der Waals surface area contributed by atoms with E-state index in [2.05, 4.69) is 18.8 Å². The molecule has 2 heterocycles. The summed E-state index contributed by atoms with van der Waals surface area (Å²) in [7, 11) is 1.63. The van der Waals surface area contributed by atoms with Crippen molar-refractivity contribution in [2.24, 2.45) is 0 Å². The predicted molar refractivity (Wildman–Crippen MR) is 149 cm³/mol. The lowest BCUT2D eigenvalue weighted by Crippen LogP contribution is -2.31. The van der Waals surface area contributed by atoms with Crippen LogP contribution in [0.2, 0.25) is 0 Å². The Hall–Kier alpha value is -4.32. The number of aromatic nitrogens is 1. The van der Waals surface area contributed by atoms with Gasteiger partial charge in [-0.2, -0.15) is 0 Å². The van der Waals surface area contributed by atoms with Crippen LogP contribution in [0, 0.1) is 6.92 Å². The van der Waals surface area contributed by atoms with Crippen molar-refractivity contribution in [2.45, 2.75) is 39.2 Å². The Labute approximate surface area is 222 Å². The SMILES string of the molecule is COc1ccc2[nH]cc(CCN3C(=O)C(=O)C(=C(O)c4ccc(C)cc4)[C@@H]3c3ccc(C(C)C)cc3)c2c1. The summed E-state index contributed by atoms with van der Waals surface area (Å²) in [5.41, 5.74) is 5.63. The van der Waals surface area contributed by atoms with Crippen LogP contribution in [-0.2, 0) is 16.0 Å². The maximum Gasteiger partial charge on any atom is 0.295 e. The third kappa shape index (κ3) is 4.58. The van der Waals surface area contributed by atoms with Crippen LogP contribution >= 0.6 is 0 Å². The van der Waals surface area contributed by atoms with E-state index < -0.39 is 17.7 Å². The van der Waals surface area contributed by atoms with Crippen molar-refractivity contribution in [2.75, 3.05) is 13.7 Å². The first-order valence-electron chi connectivity index (χ1n) is 12.9. The van der Waals surface area contributed by atoms with Crippen molar-refractivity contribution >= 4 is 28.4 Å². The second kappa shape index (κ2) is 10.2. The number of benzene rings is 3. The number of ether oxygens (including phenoxy) is 1. The summed E-state index contributed by atoms with van der Waals surface area (Å²) in [5, 5.41) is 12.3. The van der Waals surface area contributed by atoms with E-state index in [1.54, 1.807) is 24.1 Å². The molecule has 2 N–H and O–H groups in total. The summed E-state index contributed by atoms with van der Waals surface area (Å²) < 4.78 is 5.39. The van der Waals surface area contributed by atoms with Gasteiger partial charge in [-0.1, -0.05) is 67.9 Å². The molecule has 1 fully saturated rings. The van der Waals surface area contributed by atoms with Gasteiger partial charge >= 0.3 is 0 Å². The van der Waals surface area contributed by atoms with Crippen LogP contribution in [0.25, 0.3) is 16.7 Å². The fourth-order valence-electron chi connectivity index (χ4n) is 5.12. The third-order valence-corrected chi connectivity index (χ3v) is 7.38. The molecule has 0 bridgehead atoms. The van der Waals surface area contributed by atoms with Crippen LogP contribution < -0.4 is 4.74 Å². The summed E-state index contributed by atoms with van der Waals surface area (Å²) in [6.07, 6.45) is 2.46. The first kappa shape index (κ1) is 25.3. The molecule has 0 aliphatic carbocycles. The topological polar surface area (TPSA) is 82.6 Å². The molecular formula is C32H32N2O4. The van der Waals surface area contributed by atoms with E-state index in [0.29, 0.717) is 24.4 Å². The normalized spacial score (nSPS) is 17.1. The fraction of sp³-hybridized carbons (Fsp3) is 0.250. The van der Waals surface area contributed by atoms with E-state index in [1.165, 1.54) is 0 Å². The number of likely N-dealkylation sites (tertiary alicyclic amines) is 1. The number of nitrogens with one attached hydrogen (secondary N) is 1. The molecule has 194 valence electrons. The first-order valence-corrected chi connectivity index (χ1v) is 12.9. The number of methoxy groups -OCH3 is 1. The van der Waals surface area contributed by atoms with E-state index in [4.69, 9.17) is 4.74 Å². The number of amides is 1. The highest BCUT2D eigenvalue weighted by atomic mass is 16.5. The molecule has 5 rings (SSSR count). The first-order chi connectivity index (χ1) is 18.3. The van der Waals surface area contributed by atoms with Crippen LogP contribution in [0.4, 0.5) is 0 Å². The third-order valence-electron chi connectivity index (χ3n) is 7.38. The van der Waals surface area contributed by atoms with Crippen LogP contribution in [0.15, 0.2) is 78.5 Å². The van der Waals surface area contributed by atoms with Gasteiger partial charge in [0.1, 0.15) is 11.5 Å². The van der Waals surface area contributed by atoms with Gasteiger partial charge in [0.15, 0.2) is 0 Å². The average molecular weight is 509 g/mol. The molecule has 0 radical (unpaired) electrons. The molecule has 6 nitrogen and oxygen atoms in total. The summed E-state index contributed by atoms with van der Waals surface area (Å²) in [6, 6.07) is 20.4. The number of H-pyrrole nitrogens is 1. The number of ketones is 1. The van der Waals surface area contributed by atoms with E-state index >= 15 is 0 Å². The molecular weight excluding hydrogens is 476 g/mol. The summed E-state index contributed by atoms with van der Waals surface area (Å²) in [4.78, 5) is 31.6. The Morgan fingerprint density at radius 1 is 1.03 bits per heavy atom. The Bertz CT molecular complexity index is 1530. The lowest BCUT2D eigenvalue weighted by atomic mass is 9.93. The highest BCUT2D eigenvalue weighted by Gasteiger charge is 2.45. The van der Waals surface area contributed by atoms with Crippen molar-refractivity contribution in [3.8, 4) is 5.75 Å². The monoisotopic (exact) mass is 508 g/mol. The Morgan fingerprint density at radius 2 is 1.74 bits per heavy atom. The average Bonchev–Trinajstić information content (AvgIpc) is 3.44. The van der Waals surface area contributed by atoms with E-state index in [9.17, 15) is 14.7 Å². The van der Waals surface area contributed by atoms with Gasteiger partial charge in [-0.25, -0.2) is 0 Å². The number of aromatic amines is 1. The van der Waals surface area contributed by atoms with Crippen LogP contribution in [0.1, 0.15) is 53.6 Å². The molecule has 1 aliphatic heterocycles. The van der Waals surface area contributed by atoms with Gasteiger partial charge in [0.25, 0.3) is 11.7 Å². The van der Waals surface area contributed by atoms with E-state index in [-0.39, 0.29) is 11.3 Å². The van der Waals surface area contributed by atoms with Crippen molar-refractivity contribution in [3.63, 3.8) is 0 Å². The van der Waals surface area contributed by atoms with Crippen molar-refractivity contribution in [1.29, 1.82) is 0 Å².